The second-order valence-corrected chi connectivity index (χ2v) is 4.75. The van der Waals surface area contributed by atoms with Crippen LogP contribution in [0.1, 0.15) is 19.3 Å². The Hall–Kier alpha value is -0.480. The van der Waals surface area contributed by atoms with Crippen molar-refractivity contribution in [2.45, 2.75) is 19.3 Å². The van der Waals surface area contributed by atoms with Crippen LogP contribution in [0.2, 0.25) is 0 Å². The van der Waals surface area contributed by atoms with Crippen molar-refractivity contribution in [3.63, 3.8) is 0 Å². The van der Waals surface area contributed by atoms with Crippen LogP contribution in [0.25, 0.3) is 0 Å². The average molecular weight is 281 g/mol. The lowest BCUT2D eigenvalue weighted by Gasteiger charge is -2.21. The highest BCUT2D eigenvalue weighted by Gasteiger charge is 2.20. The van der Waals surface area contributed by atoms with Crippen LogP contribution in [-0.2, 0) is 9.59 Å². The number of rotatable bonds is 4. The number of amides is 2. The summed E-state index contributed by atoms with van der Waals surface area (Å²) in [6.45, 7) is 2.62. The Kier molecular flexibility index (Phi) is 6.66. The molecular formula is C11H18Cl2N2O2. The van der Waals surface area contributed by atoms with Gasteiger partial charge in [0.05, 0.1) is 0 Å². The third-order valence-electron chi connectivity index (χ3n) is 2.82. The first-order chi connectivity index (χ1) is 8.19. The molecule has 0 aromatic heterocycles. The maximum Gasteiger partial charge on any atom is 0.223 e. The SMILES string of the molecule is O=C(CCCl)N1CCCN(C(=O)CCCl)CC1. The summed E-state index contributed by atoms with van der Waals surface area (Å²) in [5.41, 5.74) is 0. The van der Waals surface area contributed by atoms with Crippen LogP contribution in [0.15, 0.2) is 0 Å². The normalized spacial score (nSPS) is 16.8. The molecule has 1 fully saturated rings. The van der Waals surface area contributed by atoms with Gasteiger partial charge in [-0.1, -0.05) is 0 Å². The Balaban J connectivity index is 2.44. The molecule has 0 N–H and O–H groups in total. The van der Waals surface area contributed by atoms with Crippen molar-refractivity contribution in [2.24, 2.45) is 0 Å². The molecule has 0 aromatic carbocycles. The third kappa shape index (κ3) is 4.72. The van der Waals surface area contributed by atoms with E-state index in [0.29, 0.717) is 50.8 Å². The minimum Gasteiger partial charge on any atom is -0.341 e. The smallest absolute Gasteiger partial charge is 0.223 e. The second kappa shape index (κ2) is 7.77. The molecule has 1 aliphatic rings. The zero-order valence-corrected chi connectivity index (χ0v) is 11.3. The number of halogens is 2. The van der Waals surface area contributed by atoms with Crippen LogP contribution >= 0.6 is 23.2 Å². The van der Waals surface area contributed by atoms with Crippen LogP contribution in [0, 0.1) is 0 Å². The van der Waals surface area contributed by atoms with E-state index in [2.05, 4.69) is 0 Å². The zero-order chi connectivity index (χ0) is 12.7. The highest BCUT2D eigenvalue weighted by atomic mass is 35.5. The number of carbonyl (C=O) groups is 2. The number of alkyl halides is 2. The molecular weight excluding hydrogens is 263 g/mol. The van der Waals surface area contributed by atoms with Crippen molar-refractivity contribution >= 4 is 35.0 Å². The van der Waals surface area contributed by atoms with E-state index in [1.165, 1.54) is 0 Å². The summed E-state index contributed by atoms with van der Waals surface area (Å²) in [6, 6.07) is 0. The summed E-state index contributed by atoms with van der Waals surface area (Å²) in [5.74, 6) is 0.854. The molecule has 4 nitrogen and oxygen atoms in total. The van der Waals surface area contributed by atoms with E-state index in [1.54, 1.807) is 9.80 Å². The molecule has 0 saturated carbocycles. The van der Waals surface area contributed by atoms with Crippen molar-refractivity contribution in [3.8, 4) is 0 Å². The molecule has 98 valence electrons. The number of hydrogen-bond acceptors (Lipinski definition) is 2. The molecule has 1 aliphatic heterocycles. The van der Waals surface area contributed by atoms with Gasteiger partial charge in [0.25, 0.3) is 0 Å². The van der Waals surface area contributed by atoms with Gasteiger partial charge in [0.1, 0.15) is 0 Å². The van der Waals surface area contributed by atoms with Gasteiger partial charge in [0.2, 0.25) is 11.8 Å². The standard InChI is InChI=1S/C11H18Cl2N2O2/c12-4-2-10(16)14-6-1-7-15(9-8-14)11(17)3-5-13/h1-9H2. The van der Waals surface area contributed by atoms with Crippen molar-refractivity contribution in [2.75, 3.05) is 37.9 Å². The van der Waals surface area contributed by atoms with Gasteiger partial charge in [0, 0.05) is 50.8 Å². The average Bonchev–Trinajstić information content (AvgIpc) is 2.55. The highest BCUT2D eigenvalue weighted by molar-refractivity contribution is 6.19. The summed E-state index contributed by atoms with van der Waals surface area (Å²) in [7, 11) is 0. The monoisotopic (exact) mass is 280 g/mol. The second-order valence-electron chi connectivity index (χ2n) is 3.99. The maximum absolute atomic E-state index is 11.7. The van der Waals surface area contributed by atoms with Crippen molar-refractivity contribution < 1.29 is 9.59 Å². The molecule has 0 bridgehead atoms. The first kappa shape index (κ1) is 14.6. The summed E-state index contributed by atoms with van der Waals surface area (Å²) in [5, 5.41) is 0. The van der Waals surface area contributed by atoms with Crippen LogP contribution in [-0.4, -0.2) is 59.6 Å². The molecule has 17 heavy (non-hydrogen) atoms. The summed E-state index contributed by atoms with van der Waals surface area (Å²) >= 11 is 11.1. The van der Waals surface area contributed by atoms with E-state index in [9.17, 15) is 9.59 Å². The van der Waals surface area contributed by atoms with E-state index >= 15 is 0 Å². The van der Waals surface area contributed by atoms with Crippen LogP contribution < -0.4 is 0 Å². The van der Waals surface area contributed by atoms with E-state index in [0.717, 1.165) is 6.42 Å². The molecule has 1 heterocycles. The molecule has 0 unspecified atom stereocenters. The Labute approximate surface area is 112 Å². The fourth-order valence-electron chi connectivity index (χ4n) is 1.89. The van der Waals surface area contributed by atoms with Crippen LogP contribution in [0.3, 0.4) is 0 Å². The Morgan fingerprint density at radius 1 is 0.824 bits per heavy atom. The minimum absolute atomic E-state index is 0.0756. The summed E-state index contributed by atoms with van der Waals surface area (Å²) in [4.78, 5) is 26.9. The van der Waals surface area contributed by atoms with E-state index < -0.39 is 0 Å². The molecule has 0 atom stereocenters. The van der Waals surface area contributed by atoms with Gasteiger partial charge in [-0.25, -0.2) is 0 Å². The predicted octanol–water partition coefficient (Wildman–Crippen LogP) is 1.31. The third-order valence-corrected chi connectivity index (χ3v) is 3.20. The molecule has 0 spiro atoms. The summed E-state index contributed by atoms with van der Waals surface area (Å²) < 4.78 is 0. The highest BCUT2D eigenvalue weighted by Crippen LogP contribution is 2.07. The zero-order valence-electron chi connectivity index (χ0n) is 9.83. The minimum atomic E-state index is 0.0756. The van der Waals surface area contributed by atoms with Gasteiger partial charge in [-0.15, -0.1) is 23.2 Å². The predicted molar refractivity (Wildman–Crippen MR) is 68.5 cm³/mol. The Morgan fingerprint density at radius 2 is 1.24 bits per heavy atom. The number of hydrogen-bond donors (Lipinski definition) is 0. The molecule has 0 aliphatic carbocycles. The lowest BCUT2D eigenvalue weighted by atomic mass is 10.3. The fraction of sp³-hybridized carbons (Fsp3) is 0.818. The molecule has 1 rings (SSSR count). The Bertz CT molecular complexity index is 248. The fourth-order valence-corrected chi connectivity index (χ4v) is 2.22. The van der Waals surface area contributed by atoms with Gasteiger partial charge < -0.3 is 9.80 Å². The largest absolute Gasteiger partial charge is 0.341 e. The van der Waals surface area contributed by atoms with Crippen LogP contribution in [0.4, 0.5) is 0 Å². The first-order valence-corrected chi connectivity index (χ1v) is 6.93. The van der Waals surface area contributed by atoms with Crippen molar-refractivity contribution in [3.05, 3.63) is 0 Å². The van der Waals surface area contributed by atoms with Gasteiger partial charge >= 0.3 is 0 Å². The maximum atomic E-state index is 11.7. The molecule has 2 amide bonds. The van der Waals surface area contributed by atoms with E-state index in [1.807, 2.05) is 0 Å². The van der Waals surface area contributed by atoms with Gasteiger partial charge in [-0.2, -0.15) is 0 Å². The molecule has 1 saturated heterocycles. The van der Waals surface area contributed by atoms with E-state index in [4.69, 9.17) is 23.2 Å². The van der Waals surface area contributed by atoms with Crippen molar-refractivity contribution in [1.29, 1.82) is 0 Å². The number of carbonyl (C=O) groups excluding carboxylic acids is 2. The lowest BCUT2D eigenvalue weighted by Crippen LogP contribution is -2.37. The molecule has 0 aromatic rings. The molecule has 0 radical (unpaired) electrons. The summed E-state index contributed by atoms with van der Waals surface area (Å²) in [6.07, 6.45) is 1.57. The lowest BCUT2D eigenvalue weighted by molar-refractivity contribution is -0.133. The van der Waals surface area contributed by atoms with E-state index in [-0.39, 0.29) is 11.8 Å². The van der Waals surface area contributed by atoms with Crippen LogP contribution in [0.5, 0.6) is 0 Å². The van der Waals surface area contributed by atoms with Gasteiger partial charge in [-0.3, -0.25) is 9.59 Å². The van der Waals surface area contributed by atoms with Gasteiger partial charge in [-0.05, 0) is 6.42 Å². The van der Waals surface area contributed by atoms with Gasteiger partial charge in [0.15, 0.2) is 0 Å². The van der Waals surface area contributed by atoms with Crippen molar-refractivity contribution in [1.82, 2.24) is 9.80 Å². The topological polar surface area (TPSA) is 40.6 Å². The Morgan fingerprint density at radius 3 is 1.59 bits per heavy atom. The first-order valence-electron chi connectivity index (χ1n) is 5.86. The quantitative estimate of drug-likeness (QED) is 0.729. The number of nitrogens with zero attached hydrogens (tertiary/aromatic N) is 2. The molecule has 6 heteroatoms.